The summed E-state index contributed by atoms with van der Waals surface area (Å²) in [5.74, 6) is 0.196. The van der Waals surface area contributed by atoms with Gasteiger partial charge in [0.1, 0.15) is 0 Å². The maximum atomic E-state index is 13.0. The van der Waals surface area contributed by atoms with Crippen molar-refractivity contribution in [3.8, 4) is 11.1 Å². The second-order valence-electron chi connectivity index (χ2n) is 7.27. The lowest BCUT2D eigenvalue weighted by atomic mass is 10.0. The van der Waals surface area contributed by atoms with Crippen LogP contribution in [0.4, 0.5) is 0 Å². The van der Waals surface area contributed by atoms with Crippen LogP contribution < -0.4 is 0 Å². The molecule has 146 valence electrons. The standard InChI is InChI=1S/C21H26N6O/c1-3-26-14-17(15(2)25-26)6-7-20(28)27-12-4-5-19(27)21-18(13-23-24-21)16-8-10-22-11-9-16/h8-11,13-14,19H,3-7,12H2,1-2H3,(H,23,24). The molecule has 0 bridgehead atoms. The molecule has 4 heterocycles. The Bertz CT molecular complexity index is 945. The van der Waals surface area contributed by atoms with E-state index in [1.807, 2.05) is 34.8 Å². The number of H-pyrrole nitrogens is 1. The average molecular weight is 378 g/mol. The molecule has 1 amide bonds. The van der Waals surface area contributed by atoms with Crippen molar-refractivity contribution in [1.29, 1.82) is 0 Å². The average Bonchev–Trinajstić information content (AvgIpc) is 3.45. The molecule has 1 aliphatic heterocycles. The van der Waals surface area contributed by atoms with Gasteiger partial charge in [0.05, 0.1) is 23.6 Å². The van der Waals surface area contributed by atoms with E-state index in [-0.39, 0.29) is 11.9 Å². The van der Waals surface area contributed by atoms with Gasteiger partial charge in [-0.1, -0.05) is 0 Å². The number of pyridine rings is 1. The van der Waals surface area contributed by atoms with E-state index in [4.69, 9.17) is 0 Å². The molecule has 0 radical (unpaired) electrons. The first kappa shape index (κ1) is 18.4. The van der Waals surface area contributed by atoms with Crippen LogP contribution in [0.5, 0.6) is 0 Å². The predicted octanol–water partition coefficient (Wildman–Crippen LogP) is 3.29. The van der Waals surface area contributed by atoms with Crippen molar-refractivity contribution < 1.29 is 4.79 Å². The van der Waals surface area contributed by atoms with Crippen LogP contribution in [0.25, 0.3) is 11.1 Å². The predicted molar refractivity (Wildman–Crippen MR) is 106 cm³/mol. The molecule has 0 spiro atoms. The van der Waals surface area contributed by atoms with Gasteiger partial charge >= 0.3 is 0 Å². The van der Waals surface area contributed by atoms with E-state index in [9.17, 15) is 4.79 Å². The lowest BCUT2D eigenvalue weighted by Crippen LogP contribution is -2.31. The SMILES string of the molecule is CCn1cc(CCC(=O)N2CCCC2c2[nH]ncc2-c2ccncc2)c(C)n1. The molecule has 3 aromatic heterocycles. The molecule has 28 heavy (non-hydrogen) atoms. The number of aromatic nitrogens is 5. The monoisotopic (exact) mass is 378 g/mol. The fraction of sp³-hybridized carbons (Fsp3) is 0.429. The molecule has 7 heteroatoms. The highest BCUT2D eigenvalue weighted by Gasteiger charge is 2.32. The Hall–Kier alpha value is -2.96. The first-order chi connectivity index (χ1) is 13.7. The normalized spacial score (nSPS) is 16.6. The Kier molecular flexibility index (Phi) is 5.23. The van der Waals surface area contributed by atoms with Gasteiger partial charge in [-0.3, -0.25) is 19.6 Å². The van der Waals surface area contributed by atoms with Crippen molar-refractivity contribution in [3.63, 3.8) is 0 Å². The van der Waals surface area contributed by atoms with Crippen molar-refractivity contribution in [2.24, 2.45) is 0 Å². The van der Waals surface area contributed by atoms with Gasteiger partial charge in [0.15, 0.2) is 0 Å². The zero-order chi connectivity index (χ0) is 19.5. The molecular weight excluding hydrogens is 352 g/mol. The molecule has 4 rings (SSSR count). The Labute approximate surface area is 164 Å². The zero-order valence-corrected chi connectivity index (χ0v) is 16.4. The number of hydrogen-bond donors (Lipinski definition) is 1. The number of hydrogen-bond acceptors (Lipinski definition) is 4. The molecule has 1 N–H and O–H groups in total. The largest absolute Gasteiger partial charge is 0.334 e. The van der Waals surface area contributed by atoms with Gasteiger partial charge in [0, 0.05) is 43.7 Å². The summed E-state index contributed by atoms with van der Waals surface area (Å²) in [5, 5.41) is 11.9. The summed E-state index contributed by atoms with van der Waals surface area (Å²) < 4.78 is 1.93. The smallest absolute Gasteiger partial charge is 0.223 e. The lowest BCUT2D eigenvalue weighted by Gasteiger charge is -2.25. The minimum atomic E-state index is 0.0534. The molecule has 0 aromatic carbocycles. The topological polar surface area (TPSA) is 79.7 Å². The van der Waals surface area contributed by atoms with Gasteiger partial charge in [0.2, 0.25) is 5.91 Å². The number of nitrogens with zero attached hydrogens (tertiary/aromatic N) is 5. The van der Waals surface area contributed by atoms with Crippen molar-refractivity contribution in [3.05, 3.63) is 53.9 Å². The van der Waals surface area contributed by atoms with E-state index in [1.165, 1.54) is 0 Å². The molecule has 1 saturated heterocycles. The van der Waals surface area contributed by atoms with E-state index in [0.717, 1.165) is 60.4 Å². The first-order valence-electron chi connectivity index (χ1n) is 9.93. The maximum Gasteiger partial charge on any atom is 0.223 e. The van der Waals surface area contributed by atoms with Crippen LogP contribution in [0, 0.1) is 6.92 Å². The molecule has 1 aliphatic rings. The summed E-state index contributed by atoms with van der Waals surface area (Å²) in [6, 6.07) is 4.01. The van der Waals surface area contributed by atoms with Gasteiger partial charge < -0.3 is 4.90 Å². The summed E-state index contributed by atoms with van der Waals surface area (Å²) in [6.45, 7) is 5.73. The number of nitrogens with one attached hydrogen (secondary N) is 1. The molecule has 0 aliphatic carbocycles. The Morgan fingerprint density at radius 1 is 1.32 bits per heavy atom. The fourth-order valence-electron chi connectivity index (χ4n) is 4.03. The molecule has 3 aromatic rings. The highest BCUT2D eigenvalue weighted by atomic mass is 16.2. The summed E-state index contributed by atoms with van der Waals surface area (Å²) in [4.78, 5) is 19.1. The number of carbonyl (C=O) groups excluding carboxylic acids is 1. The Balaban J connectivity index is 1.49. The molecule has 7 nitrogen and oxygen atoms in total. The second-order valence-corrected chi connectivity index (χ2v) is 7.27. The van der Waals surface area contributed by atoms with Gasteiger partial charge in [-0.2, -0.15) is 10.2 Å². The third-order valence-corrected chi connectivity index (χ3v) is 5.55. The van der Waals surface area contributed by atoms with E-state index >= 15 is 0 Å². The summed E-state index contributed by atoms with van der Waals surface area (Å²) >= 11 is 0. The van der Waals surface area contributed by atoms with Gasteiger partial charge in [-0.05, 0) is 56.4 Å². The van der Waals surface area contributed by atoms with Gasteiger partial charge in [-0.25, -0.2) is 0 Å². The Morgan fingerprint density at radius 3 is 2.89 bits per heavy atom. The fourth-order valence-corrected chi connectivity index (χ4v) is 4.03. The molecular formula is C21H26N6O. The third-order valence-electron chi connectivity index (χ3n) is 5.55. The molecule has 1 unspecified atom stereocenters. The van der Waals surface area contributed by atoms with Crippen LogP contribution >= 0.6 is 0 Å². The number of aryl methyl sites for hydroxylation is 3. The van der Waals surface area contributed by atoms with Crippen molar-refractivity contribution in [2.75, 3.05) is 6.54 Å². The minimum Gasteiger partial charge on any atom is -0.334 e. The van der Waals surface area contributed by atoms with Gasteiger partial charge in [0.25, 0.3) is 0 Å². The molecule has 1 fully saturated rings. The summed E-state index contributed by atoms with van der Waals surface area (Å²) in [7, 11) is 0. The third kappa shape index (κ3) is 3.56. The van der Waals surface area contributed by atoms with Crippen molar-refractivity contribution in [1.82, 2.24) is 29.9 Å². The first-order valence-corrected chi connectivity index (χ1v) is 9.93. The van der Waals surface area contributed by atoms with Crippen LogP contribution in [-0.2, 0) is 17.8 Å². The second kappa shape index (κ2) is 7.96. The quantitative estimate of drug-likeness (QED) is 0.714. The number of aromatic amines is 1. The zero-order valence-electron chi connectivity index (χ0n) is 16.4. The van der Waals surface area contributed by atoms with Crippen LogP contribution in [-0.4, -0.2) is 42.3 Å². The Morgan fingerprint density at radius 2 is 2.14 bits per heavy atom. The highest BCUT2D eigenvalue weighted by molar-refractivity contribution is 5.78. The maximum absolute atomic E-state index is 13.0. The van der Waals surface area contributed by atoms with Crippen LogP contribution in [0.2, 0.25) is 0 Å². The van der Waals surface area contributed by atoms with Crippen molar-refractivity contribution in [2.45, 2.75) is 52.1 Å². The van der Waals surface area contributed by atoms with Gasteiger partial charge in [-0.15, -0.1) is 0 Å². The van der Waals surface area contributed by atoms with E-state index < -0.39 is 0 Å². The van der Waals surface area contributed by atoms with E-state index in [2.05, 4.69) is 33.4 Å². The summed E-state index contributed by atoms with van der Waals surface area (Å²) in [6.07, 6.45) is 10.7. The van der Waals surface area contributed by atoms with Crippen molar-refractivity contribution >= 4 is 5.91 Å². The molecule has 1 atom stereocenters. The van der Waals surface area contributed by atoms with Crippen LogP contribution in [0.1, 0.15) is 49.2 Å². The number of rotatable bonds is 6. The van der Waals surface area contributed by atoms with E-state index in [0.29, 0.717) is 6.42 Å². The van der Waals surface area contributed by atoms with Crippen LogP contribution in [0.3, 0.4) is 0 Å². The highest BCUT2D eigenvalue weighted by Crippen LogP contribution is 2.36. The van der Waals surface area contributed by atoms with Crippen LogP contribution in [0.15, 0.2) is 36.9 Å². The number of amides is 1. The molecule has 0 saturated carbocycles. The van der Waals surface area contributed by atoms with E-state index in [1.54, 1.807) is 12.4 Å². The summed E-state index contributed by atoms with van der Waals surface area (Å²) in [5.41, 5.74) is 5.31. The lowest BCUT2D eigenvalue weighted by molar-refractivity contribution is -0.132. The minimum absolute atomic E-state index is 0.0534. The number of likely N-dealkylation sites (tertiary alicyclic amines) is 1. The number of carbonyl (C=O) groups is 1.